The molecule has 7 heteroatoms. The van der Waals surface area contributed by atoms with Crippen LogP contribution in [0.15, 0.2) is 5.10 Å². The minimum absolute atomic E-state index is 0.718. The highest BCUT2D eigenvalue weighted by Gasteiger charge is 2.28. The first-order valence-electron chi connectivity index (χ1n) is 3.61. The first kappa shape index (κ1) is 12.3. The summed E-state index contributed by atoms with van der Waals surface area (Å²) in [5.41, 5.74) is 0. The SMILES string of the molecule is NN=C[C@H](O)[C@H](O)[C@H](O)[C@H](O)CO. The highest BCUT2D eigenvalue weighted by Crippen LogP contribution is 2.03. The quantitative estimate of drug-likeness (QED) is 0.152. The Hall–Kier alpha value is -0.730. The van der Waals surface area contributed by atoms with E-state index in [2.05, 4.69) is 10.9 Å². The molecule has 0 saturated carbocycles. The molecule has 0 aliphatic carbocycles. The molecule has 78 valence electrons. The van der Waals surface area contributed by atoms with Gasteiger partial charge in [0.05, 0.1) is 12.8 Å². The van der Waals surface area contributed by atoms with Crippen molar-refractivity contribution in [2.75, 3.05) is 6.61 Å². The van der Waals surface area contributed by atoms with Crippen molar-refractivity contribution in [3.05, 3.63) is 0 Å². The van der Waals surface area contributed by atoms with Crippen LogP contribution in [0.3, 0.4) is 0 Å². The van der Waals surface area contributed by atoms with Gasteiger partial charge in [0, 0.05) is 0 Å². The molecule has 0 radical (unpaired) electrons. The second kappa shape index (κ2) is 5.84. The van der Waals surface area contributed by atoms with E-state index in [-0.39, 0.29) is 0 Å². The Morgan fingerprint density at radius 1 is 1.15 bits per heavy atom. The van der Waals surface area contributed by atoms with Gasteiger partial charge in [-0.25, -0.2) is 0 Å². The van der Waals surface area contributed by atoms with Gasteiger partial charge in [0.2, 0.25) is 0 Å². The molecule has 0 aliphatic rings. The number of hydrogen-bond donors (Lipinski definition) is 6. The van der Waals surface area contributed by atoms with Gasteiger partial charge in [0.15, 0.2) is 0 Å². The second-order valence-electron chi connectivity index (χ2n) is 2.52. The van der Waals surface area contributed by atoms with Crippen molar-refractivity contribution in [2.24, 2.45) is 10.9 Å². The number of nitrogens with zero attached hydrogens (tertiary/aromatic N) is 1. The van der Waals surface area contributed by atoms with Gasteiger partial charge in [-0.2, -0.15) is 5.10 Å². The van der Waals surface area contributed by atoms with E-state index >= 15 is 0 Å². The predicted octanol–water partition coefficient (Wildman–Crippen LogP) is -3.63. The van der Waals surface area contributed by atoms with Crippen molar-refractivity contribution in [1.82, 2.24) is 0 Å². The smallest absolute Gasteiger partial charge is 0.119 e. The maximum Gasteiger partial charge on any atom is 0.119 e. The van der Waals surface area contributed by atoms with Crippen LogP contribution in [0.4, 0.5) is 0 Å². The third-order valence-corrected chi connectivity index (χ3v) is 1.52. The summed E-state index contributed by atoms with van der Waals surface area (Å²) in [6, 6.07) is 0. The van der Waals surface area contributed by atoms with E-state index in [0.29, 0.717) is 0 Å². The number of rotatable bonds is 5. The molecule has 0 aliphatic heterocycles. The Labute approximate surface area is 74.7 Å². The molecule has 0 unspecified atom stereocenters. The van der Waals surface area contributed by atoms with Gasteiger partial charge in [-0.05, 0) is 0 Å². The monoisotopic (exact) mass is 194 g/mol. The van der Waals surface area contributed by atoms with Crippen LogP contribution in [0.5, 0.6) is 0 Å². The Bertz CT molecular complexity index is 165. The molecule has 0 rings (SSSR count). The normalized spacial score (nSPS) is 21.3. The second-order valence-corrected chi connectivity index (χ2v) is 2.52. The minimum atomic E-state index is -1.65. The van der Waals surface area contributed by atoms with Gasteiger partial charge < -0.3 is 31.4 Å². The molecule has 0 saturated heterocycles. The summed E-state index contributed by atoms with van der Waals surface area (Å²) in [6.07, 6.45) is -5.50. The molecule has 0 aromatic heterocycles. The molecule has 0 heterocycles. The molecule has 0 bridgehead atoms. The van der Waals surface area contributed by atoms with Gasteiger partial charge in [-0.3, -0.25) is 0 Å². The minimum Gasteiger partial charge on any atom is -0.394 e. The van der Waals surface area contributed by atoms with Crippen molar-refractivity contribution >= 4 is 6.21 Å². The number of aliphatic hydroxyl groups excluding tert-OH is 5. The van der Waals surface area contributed by atoms with Crippen LogP contribution in [0.1, 0.15) is 0 Å². The van der Waals surface area contributed by atoms with Crippen LogP contribution < -0.4 is 5.84 Å². The number of nitrogens with two attached hydrogens (primary N) is 1. The van der Waals surface area contributed by atoms with E-state index in [4.69, 9.17) is 25.5 Å². The van der Waals surface area contributed by atoms with Crippen LogP contribution in [0.25, 0.3) is 0 Å². The van der Waals surface area contributed by atoms with Gasteiger partial charge in [-0.15, -0.1) is 0 Å². The predicted molar refractivity (Wildman–Crippen MR) is 43.8 cm³/mol. The first-order valence-corrected chi connectivity index (χ1v) is 3.61. The zero-order chi connectivity index (χ0) is 10.4. The van der Waals surface area contributed by atoms with Crippen LogP contribution in [0.2, 0.25) is 0 Å². The topological polar surface area (TPSA) is 140 Å². The molecular weight excluding hydrogens is 180 g/mol. The molecule has 7 nitrogen and oxygen atoms in total. The Morgan fingerprint density at radius 2 is 1.69 bits per heavy atom. The molecular formula is C6H14N2O5. The van der Waals surface area contributed by atoms with Crippen molar-refractivity contribution < 1.29 is 25.5 Å². The lowest BCUT2D eigenvalue weighted by atomic mass is 10.0. The van der Waals surface area contributed by atoms with Crippen molar-refractivity contribution in [2.45, 2.75) is 24.4 Å². The maximum absolute atomic E-state index is 9.10. The molecule has 0 aromatic carbocycles. The molecule has 0 spiro atoms. The van der Waals surface area contributed by atoms with Gasteiger partial charge in [-0.1, -0.05) is 0 Å². The highest BCUT2D eigenvalue weighted by atomic mass is 16.4. The standard InChI is InChI=1S/C6H14N2O5/c7-8-1-3(10)5(12)6(13)4(11)2-9/h1,3-6,9-13H,2,7H2/t3-,4+,5-,6+/m0/s1. The van der Waals surface area contributed by atoms with Crippen molar-refractivity contribution in [3.63, 3.8) is 0 Å². The summed E-state index contributed by atoms with van der Waals surface area (Å²) in [6.45, 7) is -0.718. The largest absolute Gasteiger partial charge is 0.394 e. The molecule has 13 heavy (non-hydrogen) atoms. The van der Waals surface area contributed by atoms with Crippen molar-refractivity contribution in [1.29, 1.82) is 0 Å². The first-order chi connectivity index (χ1) is 6.04. The zero-order valence-corrected chi connectivity index (χ0v) is 6.85. The molecule has 0 fully saturated rings. The summed E-state index contributed by atoms with van der Waals surface area (Å²) in [4.78, 5) is 0. The van der Waals surface area contributed by atoms with E-state index in [0.717, 1.165) is 6.21 Å². The van der Waals surface area contributed by atoms with Gasteiger partial charge >= 0.3 is 0 Å². The molecule has 0 aromatic rings. The van der Waals surface area contributed by atoms with E-state index in [1.807, 2.05) is 0 Å². The highest BCUT2D eigenvalue weighted by molar-refractivity contribution is 5.63. The maximum atomic E-state index is 9.10. The lowest BCUT2D eigenvalue weighted by molar-refractivity contribution is -0.0999. The lowest BCUT2D eigenvalue weighted by Gasteiger charge is -2.23. The Balaban J connectivity index is 4.15. The lowest BCUT2D eigenvalue weighted by Crippen LogP contribution is -2.46. The fourth-order valence-corrected chi connectivity index (χ4v) is 0.714. The molecule has 7 N–H and O–H groups in total. The fraction of sp³-hybridized carbons (Fsp3) is 0.833. The number of aliphatic hydroxyl groups is 5. The van der Waals surface area contributed by atoms with E-state index in [1.54, 1.807) is 0 Å². The van der Waals surface area contributed by atoms with E-state index in [9.17, 15) is 0 Å². The molecule has 0 amide bonds. The third kappa shape index (κ3) is 3.66. The summed E-state index contributed by atoms with van der Waals surface area (Å²) in [5.74, 6) is 4.68. The van der Waals surface area contributed by atoms with Crippen LogP contribution >= 0.6 is 0 Å². The van der Waals surface area contributed by atoms with Gasteiger partial charge in [0.1, 0.15) is 24.4 Å². The molecule has 4 atom stereocenters. The van der Waals surface area contributed by atoms with Crippen LogP contribution in [0, 0.1) is 0 Å². The van der Waals surface area contributed by atoms with Crippen molar-refractivity contribution in [3.8, 4) is 0 Å². The summed E-state index contributed by atoms with van der Waals surface area (Å²) >= 11 is 0. The summed E-state index contributed by atoms with van der Waals surface area (Å²) in [7, 11) is 0. The third-order valence-electron chi connectivity index (χ3n) is 1.52. The fourth-order valence-electron chi connectivity index (χ4n) is 0.714. The number of hydrogen-bond acceptors (Lipinski definition) is 7. The van der Waals surface area contributed by atoms with Gasteiger partial charge in [0.25, 0.3) is 0 Å². The van der Waals surface area contributed by atoms with E-state index in [1.165, 1.54) is 0 Å². The van der Waals surface area contributed by atoms with Crippen LogP contribution in [-0.4, -0.2) is 62.8 Å². The number of hydrazone groups is 1. The Kier molecular flexibility index (Phi) is 5.51. The zero-order valence-electron chi connectivity index (χ0n) is 6.85. The Morgan fingerprint density at radius 3 is 2.08 bits per heavy atom. The van der Waals surface area contributed by atoms with E-state index < -0.39 is 31.0 Å². The average molecular weight is 194 g/mol. The summed E-state index contributed by atoms with van der Waals surface area (Å²) in [5, 5.41) is 47.4. The average Bonchev–Trinajstić information content (AvgIpc) is 2.14. The van der Waals surface area contributed by atoms with Crippen LogP contribution in [-0.2, 0) is 0 Å². The summed E-state index contributed by atoms with van der Waals surface area (Å²) < 4.78 is 0.